The average molecular weight is 560 g/mol. The van der Waals surface area contributed by atoms with Gasteiger partial charge in [-0.15, -0.1) is 0 Å². The predicted octanol–water partition coefficient (Wildman–Crippen LogP) is 2.43. The lowest BCUT2D eigenvalue weighted by atomic mass is 9.79. The second-order valence-corrected chi connectivity index (χ2v) is 11.6. The standard InChI is InChI=1S/C26H27F2N5O5S/c1-26(18-6-4-16(5-7-18)17-11-31-33(2)14-17)10-20(22-9-8-19(12-29-22)38-25(27)28)21(24(35)32-26)13-30-23(34)15-39(3,36)37/h4-9,11-12,14,25H,10,13,15H2,1-3H3,(H,30,34)(H,32,35)/t26-/m0/s1. The van der Waals surface area contributed by atoms with Crippen LogP contribution in [0.2, 0.25) is 0 Å². The molecule has 2 amide bonds. The summed E-state index contributed by atoms with van der Waals surface area (Å²) < 4.78 is 54.3. The largest absolute Gasteiger partial charge is 0.433 e. The van der Waals surface area contributed by atoms with Gasteiger partial charge in [0.15, 0.2) is 9.84 Å². The van der Waals surface area contributed by atoms with E-state index in [1.807, 2.05) is 44.4 Å². The van der Waals surface area contributed by atoms with Gasteiger partial charge in [0, 0.05) is 43.6 Å². The zero-order chi connectivity index (χ0) is 28.4. The van der Waals surface area contributed by atoms with Crippen LogP contribution in [0.4, 0.5) is 8.78 Å². The van der Waals surface area contributed by atoms with Gasteiger partial charge in [-0.3, -0.25) is 19.3 Å². The zero-order valence-corrected chi connectivity index (χ0v) is 22.3. The molecule has 0 unspecified atom stereocenters. The maximum absolute atomic E-state index is 13.4. The number of nitrogens with one attached hydrogen (secondary N) is 2. The SMILES string of the molecule is Cn1cc(-c2ccc([C@]3(C)CC(c4ccc(OC(F)F)cn4)=C(CNC(=O)CS(C)(=O)=O)C(=O)N3)cc2)cn1. The third kappa shape index (κ3) is 6.85. The molecule has 1 atom stereocenters. The highest BCUT2D eigenvalue weighted by Gasteiger charge is 2.38. The summed E-state index contributed by atoms with van der Waals surface area (Å²) in [7, 11) is -1.74. The van der Waals surface area contributed by atoms with Crippen molar-refractivity contribution in [3.05, 3.63) is 71.8 Å². The van der Waals surface area contributed by atoms with E-state index in [9.17, 15) is 26.8 Å². The summed E-state index contributed by atoms with van der Waals surface area (Å²) in [5.41, 5.74) is 2.79. The first-order valence-electron chi connectivity index (χ1n) is 11.8. The van der Waals surface area contributed by atoms with Crippen molar-refractivity contribution in [2.24, 2.45) is 7.05 Å². The van der Waals surface area contributed by atoms with Crippen molar-refractivity contribution in [2.45, 2.75) is 25.5 Å². The van der Waals surface area contributed by atoms with Crippen LogP contribution < -0.4 is 15.4 Å². The zero-order valence-electron chi connectivity index (χ0n) is 21.4. The molecular weight excluding hydrogens is 532 g/mol. The number of sulfone groups is 1. The van der Waals surface area contributed by atoms with Crippen molar-refractivity contribution in [3.8, 4) is 16.9 Å². The average Bonchev–Trinajstić information content (AvgIpc) is 3.28. The molecule has 2 N–H and O–H groups in total. The Morgan fingerprint density at radius 1 is 1.18 bits per heavy atom. The third-order valence-electron chi connectivity index (χ3n) is 6.24. The van der Waals surface area contributed by atoms with E-state index in [4.69, 9.17) is 0 Å². The molecule has 0 aliphatic carbocycles. The highest BCUT2D eigenvalue weighted by molar-refractivity contribution is 7.91. The quantitative estimate of drug-likeness (QED) is 0.412. The second-order valence-electron chi connectivity index (χ2n) is 9.50. The summed E-state index contributed by atoms with van der Waals surface area (Å²) in [6, 6.07) is 10.4. The van der Waals surface area contributed by atoms with Crippen LogP contribution in [-0.2, 0) is 32.0 Å². The van der Waals surface area contributed by atoms with E-state index >= 15 is 0 Å². The smallest absolute Gasteiger partial charge is 0.387 e. The number of aryl methyl sites for hydroxylation is 1. The van der Waals surface area contributed by atoms with Crippen LogP contribution in [0.25, 0.3) is 16.7 Å². The lowest BCUT2D eigenvalue weighted by Crippen LogP contribution is -2.49. The number of halogens is 2. The van der Waals surface area contributed by atoms with Crippen LogP contribution in [0.5, 0.6) is 5.75 Å². The van der Waals surface area contributed by atoms with Gasteiger partial charge in [0.05, 0.1) is 23.6 Å². The van der Waals surface area contributed by atoms with E-state index in [0.717, 1.165) is 29.1 Å². The fourth-order valence-corrected chi connectivity index (χ4v) is 4.96. The number of pyridine rings is 1. The van der Waals surface area contributed by atoms with Crippen LogP contribution >= 0.6 is 0 Å². The molecule has 1 aromatic carbocycles. The molecule has 0 spiro atoms. The molecule has 0 fully saturated rings. The minimum absolute atomic E-state index is 0.147. The number of hydrogen-bond donors (Lipinski definition) is 2. The normalized spacial score (nSPS) is 17.7. The molecule has 0 saturated carbocycles. The van der Waals surface area contributed by atoms with Gasteiger partial charge in [-0.1, -0.05) is 24.3 Å². The molecule has 1 aliphatic rings. The predicted molar refractivity (Wildman–Crippen MR) is 139 cm³/mol. The van der Waals surface area contributed by atoms with Gasteiger partial charge < -0.3 is 15.4 Å². The molecule has 0 radical (unpaired) electrons. The number of hydrogen-bond acceptors (Lipinski definition) is 7. The van der Waals surface area contributed by atoms with E-state index in [2.05, 4.69) is 25.5 Å². The number of alkyl halides is 2. The van der Waals surface area contributed by atoms with E-state index < -0.39 is 39.6 Å². The van der Waals surface area contributed by atoms with Crippen LogP contribution in [0.1, 0.15) is 24.6 Å². The first-order valence-corrected chi connectivity index (χ1v) is 13.9. The summed E-state index contributed by atoms with van der Waals surface area (Å²) in [5.74, 6) is -2.11. The Morgan fingerprint density at radius 2 is 1.90 bits per heavy atom. The lowest BCUT2D eigenvalue weighted by Gasteiger charge is -2.37. The summed E-state index contributed by atoms with van der Waals surface area (Å²) in [6.45, 7) is -1.42. The number of amides is 2. The Morgan fingerprint density at radius 3 is 2.46 bits per heavy atom. The number of benzene rings is 1. The molecule has 10 nitrogen and oxygen atoms in total. The van der Waals surface area contributed by atoms with Crippen molar-refractivity contribution in [1.29, 1.82) is 0 Å². The Labute approximate surface area is 224 Å². The van der Waals surface area contributed by atoms with Gasteiger partial charge in [-0.05, 0) is 35.8 Å². The lowest BCUT2D eigenvalue weighted by molar-refractivity contribution is -0.120. The van der Waals surface area contributed by atoms with Crippen LogP contribution in [0.3, 0.4) is 0 Å². The molecule has 3 heterocycles. The van der Waals surface area contributed by atoms with Crippen molar-refractivity contribution < 1.29 is 31.5 Å². The first-order chi connectivity index (χ1) is 18.3. The van der Waals surface area contributed by atoms with Crippen LogP contribution in [0.15, 0.2) is 60.6 Å². The molecule has 39 heavy (non-hydrogen) atoms. The first kappa shape index (κ1) is 27.9. The molecule has 13 heteroatoms. The molecule has 206 valence electrons. The highest BCUT2D eigenvalue weighted by Crippen LogP contribution is 2.38. The maximum atomic E-state index is 13.4. The van der Waals surface area contributed by atoms with Crippen molar-refractivity contribution in [1.82, 2.24) is 25.4 Å². The summed E-state index contributed by atoms with van der Waals surface area (Å²) >= 11 is 0. The number of rotatable bonds is 9. The van der Waals surface area contributed by atoms with E-state index in [0.29, 0.717) is 11.3 Å². The minimum atomic E-state index is -3.57. The van der Waals surface area contributed by atoms with Crippen molar-refractivity contribution >= 4 is 27.2 Å². The summed E-state index contributed by atoms with van der Waals surface area (Å²) in [4.78, 5) is 29.7. The number of carbonyl (C=O) groups is 2. The number of aromatic nitrogens is 3. The van der Waals surface area contributed by atoms with Gasteiger partial charge in [0.2, 0.25) is 11.8 Å². The molecule has 1 aliphatic heterocycles. The fourth-order valence-electron chi connectivity index (χ4n) is 4.38. The van der Waals surface area contributed by atoms with Crippen LogP contribution in [0, 0.1) is 0 Å². The van der Waals surface area contributed by atoms with Gasteiger partial charge in [0.1, 0.15) is 11.5 Å². The van der Waals surface area contributed by atoms with E-state index in [-0.39, 0.29) is 24.3 Å². The van der Waals surface area contributed by atoms with Gasteiger partial charge in [0.25, 0.3) is 0 Å². The summed E-state index contributed by atoms with van der Waals surface area (Å²) in [5, 5.41) is 9.66. The minimum Gasteiger partial charge on any atom is -0.433 e. The Balaban J connectivity index is 1.67. The highest BCUT2D eigenvalue weighted by atomic mass is 32.2. The maximum Gasteiger partial charge on any atom is 0.387 e. The topological polar surface area (TPSA) is 132 Å². The molecule has 0 saturated heterocycles. The molecule has 3 aromatic rings. The fraction of sp³-hybridized carbons (Fsp3) is 0.308. The van der Waals surface area contributed by atoms with Gasteiger partial charge in [-0.25, -0.2) is 8.42 Å². The van der Waals surface area contributed by atoms with Gasteiger partial charge in [-0.2, -0.15) is 13.9 Å². The Bertz CT molecular complexity index is 1520. The molecule has 4 rings (SSSR count). The molecule has 0 bridgehead atoms. The second kappa shape index (κ2) is 10.9. The van der Waals surface area contributed by atoms with Crippen LogP contribution in [-0.4, -0.2) is 60.2 Å². The van der Waals surface area contributed by atoms with Crippen molar-refractivity contribution in [3.63, 3.8) is 0 Å². The Kier molecular flexibility index (Phi) is 7.82. The number of carbonyl (C=O) groups excluding carboxylic acids is 2. The van der Waals surface area contributed by atoms with E-state index in [1.54, 1.807) is 10.9 Å². The summed E-state index contributed by atoms with van der Waals surface area (Å²) in [6.07, 6.45) is 5.95. The van der Waals surface area contributed by atoms with Gasteiger partial charge >= 0.3 is 6.61 Å². The Hall–Kier alpha value is -4.13. The van der Waals surface area contributed by atoms with Crippen molar-refractivity contribution in [2.75, 3.05) is 18.6 Å². The number of ether oxygens (including phenoxy) is 1. The molecular formula is C26H27F2N5O5S. The monoisotopic (exact) mass is 559 g/mol. The third-order valence-corrected chi connectivity index (χ3v) is 7.03. The number of nitrogens with zero attached hydrogens (tertiary/aromatic N) is 3. The van der Waals surface area contributed by atoms with E-state index in [1.165, 1.54) is 12.1 Å². The molecule has 2 aromatic heterocycles.